The van der Waals surface area contributed by atoms with Gasteiger partial charge in [0.1, 0.15) is 5.41 Å². The molecule has 3 amide bonds. The van der Waals surface area contributed by atoms with E-state index in [2.05, 4.69) is 10.6 Å². The number of ketones is 1. The molecule has 0 aromatic carbocycles. The summed E-state index contributed by atoms with van der Waals surface area (Å²) in [6, 6.07) is -0.554. The number of urea groups is 1. The number of carbonyl (C=O) groups excluding carboxylic acids is 3. The van der Waals surface area contributed by atoms with E-state index in [4.69, 9.17) is 5.73 Å². The number of hydrogen-bond acceptors (Lipinski definition) is 3. The highest BCUT2D eigenvalue weighted by Gasteiger charge is 2.53. The van der Waals surface area contributed by atoms with E-state index in [9.17, 15) is 14.4 Å². The summed E-state index contributed by atoms with van der Waals surface area (Å²) in [6.07, 6.45) is 3.67. The maximum atomic E-state index is 12.9. The third-order valence-electron chi connectivity index (χ3n) is 4.87. The lowest BCUT2D eigenvalue weighted by molar-refractivity contribution is -0.154. The lowest BCUT2D eigenvalue weighted by Gasteiger charge is -2.43. The average molecular weight is 339 g/mol. The lowest BCUT2D eigenvalue weighted by atomic mass is 9.60. The van der Waals surface area contributed by atoms with Crippen LogP contribution in [-0.4, -0.2) is 30.3 Å². The molecule has 0 aliphatic heterocycles. The monoisotopic (exact) mass is 339 g/mol. The number of carbonyl (C=O) groups is 3. The zero-order chi connectivity index (χ0) is 18.5. The second-order valence-corrected chi connectivity index (χ2v) is 8.27. The zero-order valence-corrected chi connectivity index (χ0v) is 15.7. The smallest absolute Gasteiger partial charge is 0.312 e. The quantitative estimate of drug-likeness (QED) is 0.467. The van der Waals surface area contributed by atoms with Crippen LogP contribution in [0.25, 0.3) is 0 Å². The van der Waals surface area contributed by atoms with Crippen molar-refractivity contribution in [1.29, 1.82) is 0 Å². The van der Waals surface area contributed by atoms with Gasteiger partial charge in [0.25, 0.3) is 0 Å². The van der Waals surface area contributed by atoms with Crippen molar-refractivity contribution in [2.24, 2.45) is 22.5 Å². The summed E-state index contributed by atoms with van der Waals surface area (Å²) < 4.78 is 0. The fourth-order valence-electron chi connectivity index (χ4n) is 3.22. The van der Waals surface area contributed by atoms with Gasteiger partial charge in [-0.1, -0.05) is 41.0 Å². The van der Waals surface area contributed by atoms with Crippen molar-refractivity contribution in [2.75, 3.05) is 6.54 Å². The van der Waals surface area contributed by atoms with Gasteiger partial charge in [-0.25, -0.2) is 4.79 Å². The molecule has 24 heavy (non-hydrogen) atoms. The van der Waals surface area contributed by atoms with Gasteiger partial charge >= 0.3 is 6.03 Å². The van der Waals surface area contributed by atoms with Gasteiger partial charge in [0.05, 0.1) is 0 Å². The Morgan fingerprint density at radius 2 is 1.75 bits per heavy atom. The van der Waals surface area contributed by atoms with Gasteiger partial charge in [0.15, 0.2) is 5.78 Å². The summed E-state index contributed by atoms with van der Waals surface area (Å²) in [5.41, 5.74) is 3.68. The molecule has 0 radical (unpaired) electrons. The van der Waals surface area contributed by atoms with Crippen LogP contribution in [0.5, 0.6) is 0 Å². The summed E-state index contributed by atoms with van der Waals surface area (Å²) in [5.74, 6) is 0.163. The van der Waals surface area contributed by atoms with Crippen molar-refractivity contribution in [2.45, 2.75) is 72.8 Å². The molecule has 6 nitrogen and oxygen atoms in total. The second-order valence-electron chi connectivity index (χ2n) is 8.27. The highest BCUT2D eigenvalue weighted by Crippen LogP contribution is 2.46. The molecule has 1 rings (SSSR count). The topological polar surface area (TPSA) is 101 Å². The van der Waals surface area contributed by atoms with Crippen LogP contribution in [0.2, 0.25) is 0 Å². The first kappa shape index (κ1) is 20.5. The van der Waals surface area contributed by atoms with Gasteiger partial charge < -0.3 is 16.4 Å². The molecule has 0 aromatic rings. The fraction of sp³-hybridized carbons (Fsp3) is 0.833. The van der Waals surface area contributed by atoms with Crippen LogP contribution in [0.1, 0.15) is 66.7 Å². The molecule has 1 saturated carbocycles. The first-order valence-electron chi connectivity index (χ1n) is 8.90. The number of hydrogen-bond donors (Lipinski definition) is 3. The molecule has 138 valence electrons. The Balaban J connectivity index is 2.70. The van der Waals surface area contributed by atoms with Crippen LogP contribution >= 0.6 is 0 Å². The molecular formula is C18H33N3O3. The molecule has 6 heteroatoms. The molecule has 0 saturated heterocycles. The highest BCUT2D eigenvalue weighted by molar-refractivity contribution is 6.09. The third kappa shape index (κ3) is 4.95. The summed E-state index contributed by atoms with van der Waals surface area (Å²) in [5, 5.41) is 5.65. The number of rotatable bonds is 8. The minimum Gasteiger partial charge on any atom is -0.352 e. The van der Waals surface area contributed by atoms with E-state index in [0.717, 1.165) is 19.3 Å². The Hall–Kier alpha value is -1.59. The number of amides is 3. The standard InChI is InChI=1S/C18H33N3O3/c1-12(2)13(8-6-11-20-16(19)24)21-15(23)18(9-7-10-18)14(22)17(3,4)5/h12-13H,6-11H2,1-5H3,(H,21,23)(H3,19,20,24)/t13-/m0/s1. The maximum Gasteiger partial charge on any atom is 0.312 e. The summed E-state index contributed by atoms with van der Waals surface area (Å²) in [7, 11) is 0. The van der Waals surface area contributed by atoms with Gasteiger partial charge in [-0.3, -0.25) is 9.59 Å². The maximum absolute atomic E-state index is 12.9. The minimum atomic E-state index is -0.850. The first-order chi connectivity index (χ1) is 11.0. The molecule has 0 spiro atoms. The average Bonchev–Trinajstić information content (AvgIpc) is 2.39. The Bertz CT molecular complexity index is 476. The van der Waals surface area contributed by atoms with Crippen LogP contribution in [0.15, 0.2) is 0 Å². The molecule has 0 aromatic heterocycles. The van der Waals surface area contributed by atoms with Crippen LogP contribution in [0, 0.1) is 16.7 Å². The first-order valence-corrected chi connectivity index (χ1v) is 8.90. The normalized spacial score (nSPS) is 17.8. The summed E-state index contributed by atoms with van der Waals surface area (Å²) in [6.45, 7) is 10.2. The lowest BCUT2D eigenvalue weighted by Crippen LogP contribution is -2.57. The fourth-order valence-corrected chi connectivity index (χ4v) is 3.22. The van der Waals surface area contributed by atoms with Crippen LogP contribution in [-0.2, 0) is 9.59 Å². The van der Waals surface area contributed by atoms with Crippen molar-refractivity contribution in [1.82, 2.24) is 10.6 Å². The molecule has 1 fully saturated rings. The van der Waals surface area contributed by atoms with E-state index in [1.54, 1.807) is 0 Å². The predicted molar refractivity (Wildman–Crippen MR) is 94.3 cm³/mol. The molecule has 4 N–H and O–H groups in total. The van der Waals surface area contributed by atoms with E-state index in [0.29, 0.717) is 19.4 Å². The molecule has 0 heterocycles. The largest absolute Gasteiger partial charge is 0.352 e. The summed E-state index contributed by atoms with van der Waals surface area (Å²) >= 11 is 0. The van der Waals surface area contributed by atoms with Crippen molar-refractivity contribution in [3.8, 4) is 0 Å². The van der Waals surface area contributed by atoms with Gasteiger partial charge in [-0.2, -0.15) is 0 Å². The Morgan fingerprint density at radius 3 is 2.12 bits per heavy atom. The van der Waals surface area contributed by atoms with Crippen molar-refractivity contribution in [3.63, 3.8) is 0 Å². The Morgan fingerprint density at radius 1 is 1.17 bits per heavy atom. The Labute approximate surface area is 145 Å². The van der Waals surface area contributed by atoms with Crippen molar-refractivity contribution >= 4 is 17.7 Å². The van der Waals surface area contributed by atoms with Crippen molar-refractivity contribution in [3.05, 3.63) is 0 Å². The SMILES string of the molecule is CC(C)[C@H](CCCNC(N)=O)NC(=O)C1(C(=O)C(C)(C)C)CCC1. The van der Waals surface area contributed by atoms with Gasteiger partial charge in [0, 0.05) is 18.0 Å². The van der Waals surface area contributed by atoms with Gasteiger partial charge in [0.2, 0.25) is 5.91 Å². The number of primary amides is 1. The number of nitrogens with two attached hydrogens (primary N) is 1. The van der Waals surface area contributed by atoms with E-state index in [1.165, 1.54) is 0 Å². The molecule has 1 atom stereocenters. The molecule has 0 unspecified atom stereocenters. The van der Waals surface area contributed by atoms with E-state index in [1.807, 2.05) is 34.6 Å². The number of Topliss-reactive ketones (excluding diaryl/α,β-unsaturated/α-hetero) is 1. The van der Waals surface area contributed by atoms with E-state index in [-0.39, 0.29) is 23.7 Å². The summed E-state index contributed by atoms with van der Waals surface area (Å²) in [4.78, 5) is 36.4. The molecular weight excluding hydrogens is 306 g/mol. The highest BCUT2D eigenvalue weighted by atomic mass is 16.2. The van der Waals surface area contributed by atoms with Gasteiger partial charge in [-0.15, -0.1) is 0 Å². The van der Waals surface area contributed by atoms with Gasteiger partial charge in [-0.05, 0) is 31.6 Å². The Kier molecular flexibility index (Phi) is 6.81. The van der Waals surface area contributed by atoms with Crippen LogP contribution < -0.4 is 16.4 Å². The van der Waals surface area contributed by atoms with Crippen LogP contribution in [0.4, 0.5) is 4.79 Å². The molecule has 1 aliphatic rings. The minimum absolute atomic E-state index is 0.0163. The second kappa shape index (κ2) is 7.99. The van der Waals surface area contributed by atoms with E-state index >= 15 is 0 Å². The third-order valence-corrected chi connectivity index (χ3v) is 4.87. The molecule has 1 aliphatic carbocycles. The zero-order valence-electron chi connectivity index (χ0n) is 15.7. The molecule has 0 bridgehead atoms. The van der Waals surface area contributed by atoms with E-state index < -0.39 is 16.9 Å². The van der Waals surface area contributed by atoms with Crippen LogP contribution in [0.3, 0.4) is 0 Å². The predicted octanol–water partition coefficient (Wildman–Crippen LogP) is 2.36. The number of nitrogens with one attached hydrogen (secondary N) is 2. The van der Waals surface area contributed by atoms with Crippen molar-refractivity contribution < 1.29 is 14.4 Å².